The maximum atomic E-state index is 12.5. The van der Waals surface area contributed by atoms with E-state index in [1.165, 1.54) is 11.3 Å². The van der Waals surface area contributed by atoms with Gasteiger partial charge in [-0.15, -0.1) is 11.3 Å². The molecule has 0 atom stereocenters. The fourth-order valence-electron chi connectivity index (χ4n) is 2.83. The molecule has 0 radical (unpaired) electrons. The SMILES string of the molecule is CN(C)Sc1ccc(C(=O)Nc2nc(-c3ccc(Oc4ccccc4)cc3)cs2)cc1. The molecule has 31 heavy (non-hydrogen) atoms. The first kappa shape index (κ1) is 21.1. The molecule has 3 aromatic carbocycles. The van der Waals surface area contributed by atoms with Crippen molar-refractivity contribution in [1.29, 1.82) is 0 Å². The Morgan fingerprint density at radius 1 is 0.935 bits per heavy atom. The van der Waals surface area contributed by atoms with Gasteiger partial charge < -0.3 is 4.74 Å². The van der Waals surface area contributed by atoms with Crippen molar-refractivity contribution in [3.05, 3.63) is 89.8 Å². The number of anilines is 1. The molecule has 5 nitrogen and oxygen atoms in total. The molecule has 0 fully saturated rings. The number of rotatable bonds is 7. The highest BCUT2D eigenvalue weighted by Gasteiger charge is 2.11. The Morgan fingerprint density at radius 2 is 1.61 bits per heavy atom. The number of nitrogens with zero attached hydrogens (tertiary/aromatic N) is 2. The van der Waals surface area contributed by atoms with Gasteiger partial charge in [0.05, 0.1) is 5.69 Å². The van der Waals surface area contributed by atoms with Crippen LogP contribution in [0.2, 0.25) is 0 Å². The predicted molar refractivity (Wildman–Crippen MR) is 128 cm³/mol. The summed E-state index contributed by atoms with van der Waals surface area (Å²) in [5, 5.41) is 5.38. The zero-order chi connectivity index (χ0) is 21.6. The van der Waals surface area contributed by atoms with E-state index in [-0.39, 0.29) is 5.91 Å². The van der Waals surface area contributed by atoms with Gasteiger partial charge in [-0.25, -0.2) is 4.98 Å². The molecular formula is C24H21N3O2S2. The van der Waals surface area contributed by atoms with Crippen LogP contribution < -0.4 is 10.1 Å². The van der Waals surface area contributed by atoms with Crippen molar-refractivity contribution in [2.24, 2.45) is 0 Å². The monoisotopic (exact) mass is 447 g/mol. The Labute approximate surface area is 189 Å². The van der Waals surface area contributed by atoms with Crippen molar-refractivity contribution in [1.82, 2.24) is 9.29 Å². The van der Waals surface area contributed by atoms with E-state index in [0.717, 1.165) is 27.7 Å². The molecule has 1 amide bonds. The molecule has 0 spiro atoms. The molecule has 0 aliphatic rings. The number of para-hydroxylation sites is 1. The minimum absolute atomic E-state index is 0.172. The van der Waals surface area contributed by atoms with Crippen LogP contribution in [0.4, 0.5) is 5.13 Å². The van der Waals surface area contributed by atoms with Crippen LogP contribution in [0, 0.1) is 0 Å². The standard InChI is InChI=1S/C24H21N3O2S2/c1-27(2)31-21-14-10-18(11-15-21)23(28)26-24-25-22(16-30-24)17-8-12-20(13-9-17)29-19-6-4-3-5-7-19/h3-16H,1-2H3,(H,25,26,28). The van der Waals surface area contributed by atoms with E-state index in [9.17, 15) is 4.79 Å². The molecule has 0 saturated heterocycles. The van der Waals surface area contributed by atoms with E-state index in [0.29, 0.717) is 10.7 Å². The van der Waals surface area contributed by atoms with Crippen LogP contribution in [0.25, 0.3) is 11.3 Å². The van der Waals surface area contributed by atoms with Crippen LogP contribution in [-0.2, 0) is 0 Å². The summed E-state index contributed by atoms with van der Waals surface area (Å²) in [4.78, 5) is 18.2. The number of ether oxygens (including phenoxy) is 1. The molecule has 0 saturated carbocycles. The number of hydrogen-bond acceptors (Lipinski definition) is 6. The van der Waals surface area contributed by atoms with Crippen LogP contribution in [0.15, 0.2) is 89.1 Å². The van der Waals surface area contributed by atoms with Gasteiger partial charge in [0, 0.05) is 21.4 Å². The zero-order valence-electron chi connectivity index (χ0n) is 17.1. The van der Waals surface area contributed by atoms with Gasteiger partial charge in [-0.2, -0.15) is 0 Å². The van der Waals surface area contributed by atoms with Gasteiger partial charge in [0.25, 0.3) is 5.91 Å². The normalized spacial score (nSPS) is 10.8. The third-order valence-electron chi connectivity index (χ3n) is 4.26. The number of nitrogens with one attached hydrogen (secondary N) is 1. The summed E-state index contributed by atoms with van der Waals surface area (Å²) in [7, 11) is 3.96. The lowest BCUT2D eigenvalue weighted by Gasteiger charge is -2.08. The topological polar surface area (TPSA) is 54.5 Å². The largest absolute Gasteiger partial charge is 0.457 e. The summed E-state index contributed by atoms with van der Waals surface area (Å²) in [6.45, 7) is 0. The summed E-state index contributed by atoms with van der Waals surface area (Å²) in [5.74, 6) is 1.38. The van der Waals surface area contributed by atoms with Gasteiger partial charge in [-0.05, 0) is 86.7 Å². The molecule has 1 aromatic heterocycles. The highest BCUT2D eigenvalue weighted by molar-refractivity contribution is 7.97. The lowest BCUT2D eigenvalue weighted by Crippen LogP contribution is -2.11. The summed E-state index contributed by atoms with van der Waals surface area (Å²) >= 11 is 3.01. The van der Waals surface area contributed by atoms with Crippen molar-refractivity contribution >= 4 is 34.3 Å². The van der Waals surface area contributed by atoms with Gasteiger partial charge in [0.2, 0.25) is 0 Å². The predicted octanol–water partition coefficient (Wildman–Crippen LogP) is 6.42. The molecule has 156 valence electrons. The van der Waals surface area contributed by atoms with Crippen molar-refractivity contribution in [3.63, 3.8) is 0 Å². The number of aromatic nitrogens is 1. The number of amides is 1. The summed E-state index contributed by atoms with van der Waals surface area (Å²) in [6, 6.07) is 24.9. The van der Waals surface area contributed by atoms with E-state index in [4.69, 9.17) is 4.74 Å². The molecule has 0 aliphatic heterocycles. The Morgan fingerprint density at radius 3 is 2.29 bits per heavy atom. The van der Waals surface area contributed by atoms with Gasteiger partial charge >= 0.3 is 0 Å². The second-order valence-electron chi connectivity index (χ2n) is 6.86. The average molecular weight is 448 g/mol. The van der Waals surface area contributed by atoms with Crippen molar-refractivity contribution < 1.29 is 9.53 Å². The minimum atomic E-state index is -0.172. The maximum absolute atomic E-state index is 12.5. The highest BCUT2D eigenvalue weighted by Crippen LogP contribution is 2.28. The molecular weight excluding hydrogens is 426 g/mol. The van der Waals surface area contributed by atoms with Gasteiger partial charge in [-0.1, -0.05) is 18.2 Å². The fraction of sp³-hybridized carbons (Fsp3) is 0.0833. The first-order chi connectivity index (χ1) is 15.1. The van der Waals surface area contributed by atoms with E-state index >= 15 is 0 Å². The maximum Gasteiger partial charge on any atom is 0.257 e. The Balaban J connectivity index is 1.39. The molecule has 0 bridgehead atoms. The zero-order valence-corrected chi connectivity index (χ0v) is 18.7. The number of carbonyl (C=O) groups excluding carboxylic acids is 1. The van der Waals surface area contributed by atoms with Crippen molar-refractivity contribution in [2.45, 2.75) is 4.90 Å². The molecule has 0 unspecified atom stereocenters. The third kappa shape index (κ3) is 5.73. The van der Waals surface area contributed by atoms with Crippen LogP contribution in [0.1, 0.15) is 10.4 Å². The molecule has 4 rings (SSSR count). The quantitative estimate of drug-likeness (QED) is 0.331. The molecule has 7 heteroatoms. The van der Waals surface area contributed by atoms with Crippen molar-refractivity contribution in [2.75, 3.05) is 19.4 Å². The molecule has 1 heterocycles. The van der Waals surface area contributed by atoms with Crippen LogP contribution in [0.3, 0.4) is 0 Å². The van der Waals surface area contributed by atoms with Gasteiger partial charge in [-0.3, -0.25) is 14.4 Å². The number of benzene rings is 3. The number of hydrogen-bond donors (Lipinski definition) is 1. The third-order valence-corrected chi connectivity index (χ3v) is 5.86. The molecule has 4 aromatic rings. The lowest BCUT2D eigenvalue weighted by molar-refractivity contribution is 0.102. The number of thiazole rings is 1. The number of carbonyl (C=O) groups is 1. The minimum Gasteiger partial charge on any atom is -0.457 e. The average Bonchev–Trinajstić information content (AvgIpc) is 3.23. The smallest absolute Gasteiger partial charge is 0.257 e. The van der Waals surface area contributed by atoms with E-state index in [1.807, 2.05) is 103 Å². The summed E-state index contributed by atoms with van der Waals surface area (Å²) in [5.41, 5.74) is 2.37. The Bertz CT molecular complexity index is 1140. The second-order valence-corrected chi connectivity index (χ2v) is 9.10. The summed E-state index contributed by atoms with van der Waals surface area (Å²) < 4.78 is 7.83. The first-order valence-corrected chi connectivity index (χ1v) is 11.3. The van der Waals surface area contributed by atoms with Gasteiger partial charge in [0.1, 0.15) is 11.5 Å². The lowest BCUT2D eigenvalue weighted by atomic mass is 10.2. The molecule has 1 N–H and O–H groups in total. The second kappa shape index (κ2) is 9.78. The summed E-state index contributed by atoms with van der Waals surface area (Å²) in [6.07, 6.45) is 0. The first-order valence-electron chi connectivity index (χ1n) is 9.62. The fourth-order valence-corrected chi connectivity index (χ4v) is 4.22. The van der Waals surface area contributed by atoms with E-state index < -0.39 is 0 Å². The van der Waals surface area contributed by atoms with Crippen LogP contribution >= 0.6 is 23.3 Å². The Kier molecular flexibility index (Phi) is 6.66. The van der Waals surface area contributed by atoms with Crippen molar-refractivity contribution in [3.8, 4) is 22.8 Å². The van der Waals surface area contributed by atoms with E-state index in [1.54, 1.807) is 11.9 Å². The van der Waals surface area contributed by atoms with Gasteiger partial charge in [0.15, 0.2) is 5.13 Å². The molecule has 0 aliphatic carbocycles. The van der Waals surface area contributed by atoms with Crippen LogP contribution in [0.5, 0.6) is 11.5 Å². The van der Waals surface area contributed by atoms with E-state index in [2.05, 4.69) is 10.3 Å². The van der Waals surface area contributed by atoms with Crippen LogP contribution in [-0.4, -0.2) is 29.3 Å². The highest BCUT2D eigenvalue weighted by atomic mass is 32.2. The Hall–Kier alpha value is -3.13.